The van der Waals surface area contributed by atoms with E-state index in [2.05, 4.69) is 0 Å². The molecule has 1 saturated carbocycles. The van der Waals surface area contributed by atoms with Crippen molar-refractivity contribution in [2.75, 3.05) is 0 Å². The van der Waals surface area contributed by atoms with E-state index < -0.39 is 17.2 Å². The number of Topliss-reactive ketones (excluding diaryl/α,β-unsaturated/α-hetero) is 1. The molecule has 2 rings (SSSR count). The van der Waals surface area contributed by atoms with Gasteiger partial charge in [-0.25, -0.2) is 0 Å². The predicted octanol–water partition coefficient (Wildman–Crippen LogP) is 2.83. The Balaban J connectivity index is 2.41. The Bertz CT molecular complexity index is 505. The summed E-state index contributed by atoms with van der Waals surface area (Å²) in [6, 6.07) is 6.59. The number of benzene rings is 1. The minimum absolute atomic E-state index is 0.00477. The summed E-state index contributed by atoms with van der Waals surface area (Å²) in [5.41, 5.74) is -1.57. The molecule has 88 valence electrons. The minimum atomic E-state index is -4.43. The second-order valence-corrected chi connectivity index (χ2v) is 4.16. The van der Waals surface area contributed by atoms with Crippen LogP contribution in [-0.2, 0) is 16.4 Å². The average molecular weight is 239 g/mol. The highest BCUT2D eigenvalue weighted by Gasteiger charge is 2.46. The summed E-state index contributed by atoms with van der Waals surface area (Å²) in [6.07, 6.45) is -4.42. The van der Waals surface area contributed by atoms with Crippen molar-refractivity contribution in [3.8, 4) is 6.07 Å². The van der Waals surface area contributed by atoms with Gasteiger partial charge in [-0.2, -0.15) is 18.4 Å². The Labute approximate surface area is 95.7 Å². The van der Waals surface area contributed by atoms with Crippen LogP contribution >= 0.6 is 0 Å². The van der Waals surface area contributed by atoms with Gasteiger partial charge in [0.05, 0.1) is 17.0 Å². The van der Waals surface area contributed by atoms with Gasteiger partial charge in [-0.05, 0) is 11.6 Å². The van der Waals surface area contributed by atoms with E-state index in [0.717, 1.165) is 12.1 Å². The monoisotopic (exact) mass is 239 g/mol. The average Bonchev–Trinajstić information content (AvgIpc) is 2.23. The topological polar surface area (TPSA) is 40.9 Å². The SMILES string of the molecule is N#CC1(c2cccc(C(F)(F)F)c2)CC(=O)C1. The first kappa shape index (κ1) is 11.6. The molecule has 1 aliphatic carbocycles. The number of hydrogen-bond acceptors (Lipinski definition) is 2. The first-order chi connectivity index (χ1) is 7.87. The molecule has 1 fully saturated rings. The summed E-state index contributed by atoms with van der Waals surface area (Å²) in [6.45, 7) is 0. The molecule has 0 aromatic heterocycles. The number of rotatable bonds is 1. The molecule has 0 unspecified atom stereocenters. The molecule has 0 heterocycles. The maximum absolute atomic E-state index is 12.5. The molecule has 5 heteroatoms. The van der Waals surface area contributed by atoms with Crippen molar-refractivity contribution in [1.29, 1.82) is 5.26 Å². The molecule has 0 atom stereocenters. The summed E-state index contributed by atoms with van der Waals surface area (Å²) in [5.74, 6) is -0.0936. The first-order valence-electron chi connectivity index (χ1n) is 4.98. The van der Waals surface area contributed by atoms with E-state index in [1.54, 1.807) is 0 Å². The van der Waals surface area contributed by atoms with E-state index in [-0.39, 0.29) is 24.2 Å². The first-order valence-corrected chi connectivity index (χ1v) is 4.98. The lowest BCUT2D eigenvalue weighted by atomic mass is 9.64. The van der Waals surface area contributed by atoms with Crippen molar-refractivity contribution in [1.82, 2.24) is 0 Å². The standard InChI is InChI=1S/C12H8F3NO/c13-12(14,15)9-3-1-2-8(4-9)11(7-16)5-10(17)6-11/h1-4H,5-6H2. The minimum Gasteiger partial charge on any atom is -0.300 e. The Kier molecular flexibility index (Phi) is 2.46. The van der Waals surface area contributed by atoms with E-state index in [4.69, 9.17) is 5.26 Å². The van der Waals surface area contributed by atoms with Crippen molar-refractivity contribution in [2.45, 2.75) is 24.4 Å². The number of hydrogen-bond donors (Lipinski definition) is 0. The van der Waals surface area contributed by atoms with E-state index >= 15 is 0 Å². The van der Waals surface area contributed by atoms with Gasteiger partial charge < -0.3 is 0 Å². The maximum Gasteiger partial charge on any atom is 0.416 e. The van der Waals surface area contributed by atoms with Crippen LogP contribution in [0.5, 0.6) is 0 Å². The van der Waals surface area contributed by atoms with Crippen LogP contribution in [0.4, 0.5) is 13.2 Å². The number of ketones is 1. The molecule has 0 amide bonds. The van der Waals surface area contributed by atoms with E-state index in [1.807, 2.05) is 6.07 Å². The van der Waals surface area contributed by atoms with Crippen molar-refractivity contribution in [3.63, 3.8) is 0 Å². The molecule has 1 aromatic carbocycles. The quantitative estimate of drug-likeness (QED) is 0.756. The number of carbonyl (C=O) groups excluding carboxylic acids is 1. The van der Waals surface area contributed by atoms with Crippen LogP contribution in [0.1, 0.15) is 24.0 Å². The van der Waals surface area contributed by atoms with Gasteiger partial charge in [0.15, 0.2) is 0 Å². The van der Waals surface area contributed by atoms with Crippen molar-refractivity contribution in [2.24, 2.45) is 0 Å². The van der Waals surface area contributed by atoms with Crippen LogP contribution in [-0.4, -0.2) is 5.78 Å². The van der Waals surface area contributed by atoms with Crippen LogP contribution in [0.25, 0.3) is 0 Å². The van der Waals surface area contributed by atoms with E-state index in [1.165, 1.54) is 12.1 Å². The molecule has 0 bridgehead atoms. The summed E-state index contributed by atoms with van der Waals surface area (Å²) in [7, 11) is 0. The van der Waals surface area contributed by atoms with Crippen LogP contribution in [0, 0.1) is 11.3 Å². The maximum atomic E-state index is 12.5. The second-order valence-electron chi connectivity index (χ2n) is 4.16. The number of halogens is 3. The number of nitriles is 1. The predicted molar refractivity (Wildman–Crippen MR) is 53.0 cm³/mol. The third kappa shape index (κ3) is 1.91. The molecule has 0 radical (unpaired) electrons. The fourth-order valence-electron chi connectivity index (χ4n) is 1.96. The fraction of sp³-hybridized carbons (Fsp3) is 0.333. The molecule has 17 heavy (non-hydrogen) atoms. The number of nitrogens with zero attached hydrogens (tertiary/aromatic N) is 1. The van der Waals surface area contributed by atoms with Crippen molar-refractivity contribution < 1.29 is 18.0 Å². The lowest BCUT2D eigenvalue weighted by Crippen LogP contribution is -2.40. The molecule has 1 aromatic rings. The van der Waals surface area contributed by atoms with Crippen LogP contribution in [0.2, 0.25) is 0 Å². The largest absolute Gasteiger partial charge is 0.416 e. The molecule has 0 aliphatic heterocycles. The van der Waals surface area contributed by atoms with Gasteiger partial charge in [0.1, 0.15) is 5.78 Å². The highest BCUT2D eigenvalue weighted by molar-refractivity contribution is 5.90. The molecule has 0 spiro atoms. The zero-order chi connectivity index (χ0) is 12.7. The van der Waals surface area contributed by atoms with Gasteiger partial charge in [0.25, 0.3) is 0 Å². The Morgan fingerprint density at radius 1 is 1.29 bits per heavy atom. The van der Waals surface area contributed by atoms with Crippen LogP contribution in [0.15, 0.2) is 24.3 Å². The van der Waals surface area contributed by atoms with Crippen LogP contribution in [0.3, 0.4) is 0 Å². The summed E-state index contributed by atoms with van der Waals surface area (Å²) in [4.78, 5) is 11.0. The molecule has 2 nitrogen and oxygen atoms in total. The summed E-state index contributed by atoms with van der Waals surface area (Å²) in [5, 5.41) is 9.02. The smallest absolute Gasteiger partial charge is 0.300 e. The van der Waals surface area contributed by atoms with Gasteiger partial charge in [0.2, 0.25) is 0 Å². The van der Waals surface area contributed by atoms with Crippen LogP contribution < -0.4 is 0 Å². The zero-order valence-corrected chi connectivity index (χ0v) is 8.71. The lowest BCUT2D eigenvalue weighted by Gasteiger charge is -2.34. The normalized spacial score (nSPS) is 18.4. The zero-order valence-electron chi connectivity index (χ0n) is 8.71. The molecular formula is C12H8F3NO. The van der Waals surface area contributed by atoms with Gasteiger partial charge in [-0.1, -0.05) is 18.2 Å². The number of carbonyl (C=O) groups is 1. The fourth-order valence-corrected chi connectivity index (χ4v) is 1.96. The highest BCUT2D eigenvalue weighted by atomic mass is 19.4. The van der Waals surface area contributed by atoms with Crippen molar-refractivity contribution in [3.05, 3.63) is 35.4 Å². The molecular weight excluding hydrogens is 231 g/mol. The Hall–Kier alpha value is -1.83. The Morgan fingerprint density at radius 3 is 2.41 bits per heavy atom. The number of alkyl halides is 3. The lowest BCUT2D eigenvalue weighted by molar-refractivity contribution is -0.137. The third-order valence-corrected chi connectivity index (χ3v) is 2.95. The van der Waals surface area contributed by atoms with Gasteiger partial charge in [-0.15, -0.1) is 0 Å². The molecule has 1 aliphatic rings. The summed E-state index contributed by atoms with van der Waals surface area (Å²) >= 11 is 0. The highest BCUT2D eigenvalue weighted by Crippen LogP contribution is 2.42. The molecule has 0 N–H and O–H groups in total. The van der Waals surface area contributed by atoms with Crippen molar-refractivity contribution >= 4 is 5.78 Å². The van der Waals surface area contributed by atoms with E-state index in [0.29, 0.717) is 0 Å². The molecule has 0 saturated heterocycles. The van der Waals surface area contributed by atoms with Gasteiger partial charge in [-0.3, -0.25) is 4.79 Å². The second kappa shape index (κ2) is 3.59. The third-order valence-electron chi connectivity index (χ3n) is 2.95. The van der Waals surface area contributed by atoms with Gasteiger partial charge >= 0.3 is 6.18 Å². The van der Waals surface area contributed by atoms with Gasteiger partial charge in [0, 0.05) is 12.8 Å². The summed E-state index contributed by atoms with van der Waals surface area (Å²) < 4.78 is 37.5. The Morgan fingerprint density at radius 2 is 1.94 bits per heavy atom. The van der Waals surface area contributed by atoms with E-state index in [9.17, 15) is 18.0 Å².